The zero-order valence-electron chi connectivity index (χ0n) is 6.86. The molecule has 0 aliphatic carbocycles. The molecule has 0 heterocycles. The number of carbonyl (C=O) groups is 1. The lowest BCUT2D eigenvalue weighted by Crippen LogP contribution is -1.98. The first-order chi connectivity index (χ1) is 6.33. The molecular formula is C9H8N2O2. The third-order valence-corrected chi connectivity index (χ3v) is 1.35. The summed E-state index contributed by atoms with van der Waals surface area (Å²) in [6.07, 6.45) is -0.793. The largest absolute Gasteiger partial charge is 0.443 e. The van der Waals surface area contributed by atoms with E-state index in [0.717, 1.165) is 5.56 Å². The molecule has 0 unspecified atom stereocenters. The van der Waals surface area contributed by atoms with Gasteiger partial charge in [0.25, 0.3) is 0 Å². The summed E-state index contributed by atoms with van der Waals surface area (Å²) in [4.78, 5) is 13.6. The highest BCUT2D eigenvalue weighted by atomic mass is 16.5. The normalized spacial score (nSPS) is 8.62. The van der Waals surface area contributed by atoms with Crippen molar-refractivity contribution in [1.82, 2.24) is 0 Å². The second-order valence-corrected chi connectivity index (χ2v) is 2.26. The van der Waals surface area contributed by atoms with Gasteiger partial charge >= 0.3 is 6.09 Å². The van der Waals surface area contributed by atoms with E-state index in [0.29, 0.717) is 0 Å². The summed E-state index contributed by atoms with van der Waals surface area (Å²) in [5, 5.41) is 6.40. The van der Waals surface area contributed by atoms with E-state index in [4.69, 9.17) is 5.41 Å². The summed E-state index contributed by atoms with van der Waals surface area (Å²) in [6, 6.07) is 10.9. The van der Waals surface area contributed by atoms with Gasteiger partial charge in [0.05, 0.1) is 6.01 Å². The molecule has 0 saturated carbocycles. The second-order valence-electron chi connectivity index (χ2n) is 2.26. The minimum Gasteiger partial charge on any atom is -0.443 e. The van der Waals surface area contributed by atoms with Crippen LogP contribution in [-0.4, -0.2) is 12.1 Å². The van der Waals surface area contributed by atoms with Crippen LogP contribution in [-0.2, 0) is 11.3 Å². The third kappa shape index (κ3) is 3.31. The van der Waals surface area contributed by atoms with E-state index in [1.54, 1.807) is 6.01 Å². The molecule has 0 atom stereocenters. The Bertz CT molecular complexity index is 329. The number of hydrogen-bond donors (Lipinski definition) is 1. The van der Waals surface area contributed by atoms with Crippen molar-refractivity contribution in [2.45, 2.75) is 6.61 Å². The minimum atomic E-state index is -0.793. The number of nitrogens with zero attached hydrogens (tertiary/aromatic N) is 1. The van der Waals surface area contributed by atoms with Gasteiger partial charge in [0.1, 0.15) is 6.61 Å². The maximum Gasteiger partial charge on any atom is 0.443 e. The summed E-state index contributed by atoms with van der Waals surface area (Å²) in [5.41, 5.74) is 0.885. The maximum absolute atomic E-state index is 10.6. The Morgan fingerprint density at radius 3 is 2.77 bits per heavy atom. The third-order valence-electron chi connectivity index (χ3n) is 1.35. The number of carbonyl (C=O) groups excluding carboxylic acids is 1. The van der Waals surface area contributed by atoms with E-state index in [-0.39, 0.29) is 6.61 Å². The average Bonchev–Trinajstić information content (AvgIpc) is 2.17. The predicted octanol–water partition coefficient (Wildman–Crippen LogP) is 2.08. The molecule has 1 rings (SSSR count). The fourth-order valence-electron chi connectivity index (χ4n) is 0.797. The Balaban J connectivity index is 2.44. The van der Waals surface area contributed by atoms with Crippen molar-refractivity contribution in [3.05, 3.63) is 35.9 Å². The van der Waals surface area contributed by atoms with Gasteiger partial charge in [0.15, 0.2) is 0 Å². The highest BCUT2D eigenvalue weighted by Gasteiger charge is 1.98. The first kappa shape index (κ1) is 9.16. The summed E-state index contributed by atoms with van der Waals surface area (Å²) >= 11 is 0. The molecule has 0 fully saturated rings. The van der Waals surface area contributed by atoms with Gasteiger partial charge < -0.3 is 4.74 Å². The highest BCUT2D eigenvalue weighted by Crippen LogP contribution is 2.00. The van der Waals surface area contributed by atoms with Crippen molar-refractivity contribution in [3.63, 3.8) is 0 Å². The molecule has 0 aliphatic rings. The van der Waals surface area contributed by atoms with Crippen LogP contribution in [0.25, 0.3) is 0 Å². The molecule has 1 N–H and O–H groups in total. The van der Waals surface area contributed by atoms with E-state index in [2.05, 4.69) is 9.73 Å². The lowest BCUT2D eigenvalue weighted by Gasteiger charge is -1.99. The fourth-order valence-corrected chi connectivity index (χ4v) is 0.797. The predicted molar refractivity (Wildman–Crippen MR) is 46.8 cm³/mol. The maximum atomic E-state index is 10.6. The van der Waals surface area contributed by atoms with Gasteiger partial charge in [0.2, 0.25) is 0 Å². The number of amides is 1. The smallest absolute Gasteiger partial charge is 0.443 e. The van der Waals surface area contributed by atoms with Crippen molar-refractivity contribution in [2.75, 3.05) is 0 Å². The Morgan fingerprint density at radius 2 is 2.15 bits per heavy atom. The summed E-state index contributed by atoms with van der Waals surface area (Å²) < 4.78 is 4.68. The number of benzene rings is 1. The van der Waals surface area contributed by atoms with Gasteiger partial charge in [-0.05, 0) is 5.56 Å². The van der Waals surface area contributed by atoms with E-state index >= 15 is 0 Å². The molecule has 1 aromatic carbocycles. The van der Waals surface area contributed by atoms with Crippen LogP contribution in [0.5, 0.6) is 0 Å². The van der Waals surface area contributed by atoms with Gasteiger partial charge in [-0.15, -0.1) is 4.99 Å². The Morgan fingerprint density at radius 1 is 1.46 bits per heavy atom. The monoisotopic (exact) mass is 176 g/mol. The molecule has 0 aromatic heterocycles. The number of hydrogen-bond acceptors (Lipinski definition) is 3. The zero-order valence-corrected chi connectivity index (χ0v) is 6.86. The molecule has 0 saturated heterocycles. The quantitative estimate of drug-likeness (QED) is 0.701. The number of rotatable bonds is 2. The van der Waals surface area contributed by atoms with Crippen LogP contribution >= 0.6 is 0 Å². The van der Waals surface area contributed by atoms with Crippen LogP contribution in [0.15, 0.2) is 35.3 Å². The first-order valence-corrected chi connectivity index (χ1v) is 3.66. The molecule has 0 spiro atoms. The minimum absolute atomic E-state index is 0.171. The average molecular weight is 176 g/mol. The first-order valence-electron chi connectivity index (χ1n) is 3.66. The second kappa shape index (κ2) is 4.85. The Labute approximate surface area is 75.4 Å². The van der Waals surface area contributed by atoms with Crippen LogP contribution < -0.4 is 0 Å². The molecule has 1 amide bonds. The Hall–Kier alpha value is -1.93. The summed E-state index contributed by atoms with van der Waals surface area (Å²) in [6.45, 7) is 0.171. The molecule has 1 aromatic rings. The van der Waals surface area contributed by atoms with Crippen molar-refractivity contribution < 1.29 is 9.53 Å². The molecule has 66 valence electrons. The molecule has 4 heteroatoms. The standard InChI is InChI=1S/C9H8N2O2/c10-7-11-9(12)13-6-8-4-2-1-3-5-8/h1-5,10H,6H2. The SMILES string of the molecule is N=C=NC(=O)OCc1ccccc1. The number of nitrogens with one attached hydrogen (secondary N) is 1. The van der Waals surface area contributed by atoms with Crippen molar-refractivity contribution >= 4 is 12.1 Å². The van der Waals surface area contributed by atoms with E-state index < -0.39 is 6.09 Å². The zero-order chi connectivity index (χ0) is 9.52. The Kier molecular flexibility index (Phi) is 3.42. The molecule has 0 radical (unpaired) electrons. The molecule has 4 nitrogen and oxygen atoms in total. The molecular weight excluding hydrogens is 168 g/mol. The molecule has 0 bridgehead atoms. The fraction of sp³-hybridized carbons (Fsp3) is 0.111. The van der Waals surface area contributed by atoms with Gasteiger partial charge in [-0.25, -0.2) is 10.2 Å². The van der Waals surface area contributed by atoms with Crippen LogP contribution in [0.4, 0.5) is 4.79 Å². The van der Waals surface area contributed by atoms with Gasteiger partial charge in [-0.1, -0.05) is 30.3 Å². The van der Waals surface area contributed by atoms with Crippen molar-refractivity contribution in [1.29, 1.82) is 5.41 Å². The van der Waals surface area contributed by atoms with Crippen molar-refractivity contribution in [3.8, 4) is 0 Å². The van der Waals surface area contributed by atoms with Crippen LogP contribution in [0.3, 0.4) is 0 Å². The number of aliphatic imine (C=N–C) groups is 1. The highest BCUT2D eigenvalue weighted by molar-refractivity contribution is 5.74. The lowest BCUT2D eigenvalue weighted by molar-refractivity contribution is 0.151. The summed E-state index contributed by atoms with van der Waals surface area (Å²) in [7, 11) is 0. The van der Waals surface area contributed by atoms with Gasteiger partial charge in [-0.2, -0.15) is 0 Å². The van der Waals surface area contributed by atoms with Crippen molar-refractivity contribution in [2.24, 2.45) is 4.99 Å². The van der Waals surface area contributed by atoms with E-state index in [1.807, 2.05) is 30.3 Å². The molecule has 0 aliphatic heterocycles. The van der Waals surface area contributed by atoms with Crippen LogP contribution in [0, 0.1) is 5.41 Å². The summed E-state index contributed by atoms with van der Waals surface area (Å²) in [5.74, 6) is 0. The number of ether oxygens (including phenoxy) is 1. The topological polar surface area (TPSA) is 62.5 Å². The lowest BCUT2D eigenvalue weighted by atomic mass is 10.2. The van der Waals surface area contributed by atoms with E-state index in [1.165, 1.54) is 0 Å². The van der Waals surface area contributed by atoms with Gasteiger partial charge in [-0.3, -0.25) is 0 Å². The van der Waals surface area contributed by atoms with Crippen LogP contribution in [0.2, 0.25) is 0 Å². The van der Waals surface area contributed by atoms with Crippen LogP contribution in [0.1, 0.15) is 5.56 Å². The van der Waals surface area contributed by atoms with Gasteiger partial charge in [0, 0.05) is 0 Å². The van der Waals surface area contributed by atoms with E-state index in [9.17, 15) is 4.79 Å². The molecule has 13 heavy (non-hydrogen) atoms.